The van der Waals surface area contributed by atoms with Crippen molar-refractivity contribution in [3.63, 3.8) is 0 Å². The van der Waals surface area contributed by atoms with Gasteiger partial charge in [-0.3, -0.25) is 14.5 Å². The molecule has 1 atom stereocenters. The van der Waals surface area contributed by atoms with Crippen molar-refractivity contribution in [2.45, 2.75) is 53.0 Å². The molecule has 0 fully saturated rings. The monoisotopic (exact) mass is 513 g/mol. The fraction of sp³-hybridized carbons (Fsp3) is 0.333. The number of rotatable bonds is 9. The number of fused-ring (bicyclic) bond motifs is 2. The van der Waals surface area contributed by atoms with E-state index in [1.807, 2.05) is 45.0 Å². The second-order valence-corrected chi connectivity index (χ2v) is 9.43. The van der Waals surface area contributed by atoms with Crippen LogP contribution >= 0.6 is 0 Å². The van der Waals surface area contributed by atoms with E-state index in [4.69, 9.17) is 13.9 Å². The van der Waals surface area contributed by atoms with Gasteiger partial charge in [-0.1, -0.05) is 25.8 Å². The van der Waals surface area contributed by atoms with Crippen molar-refractivity contribution in [2.24, 2.45) is 0 Å². The van der Waals surface area contributed by atoms with Crippen LogP contribution in [0.5, 0.6) is 11.5 Å². The highest BCUT2D eigenvalue weighted by atomic mass is 16.5. The van der Waals surface area contributed by atoms with Crippen molar-refractivity contribution in [1.29, 1.82) is 0 Å². The maximum absolute atomic E-state index is 13.9. The van der Waals surface area contributed by atoms with Crippen LogP contribution in [-0.4, -0.2) is 29.1 Å². The Kier molecular flexibility index (Phi) is 7.13. The first-order valence-electron chi connectivity index (χ1n) is 13.0. The Morgan fingerprint density at radius 2 is 1.71 bits per heavy atom. The van der Waals surface area contributed by atoms with E-state index in [2.05, 4.69) is 16.9 Å². The largest absolute Gasteiger partial charge is 0.490 e. The predicted octanol–water partition coefficient (Wildman–Crippen LogP) is 5.92. The molecule has 0 bridgehead atoms. The van der Waals surface area contributed by atoms with Gasteiger partial charge < -0.3 is 13.9 Å². The fourth-order valence-corrected chi connectivity index (χ4v) is 4.78. The number of amides is 1. The summed E-state index contributed by atoms with van der Waals surface area (Å²) < 4.78 is 18.0. The summed E-state index contributed by atoms with van der Waals surface area (Å²) in [4.78, 5) is 37.8. The Balaban J connectivity index is 1.68. The summed E-state index contributed by atoms with van der Waals surface area (Å²) in [7, 11) is 0. The predicted molar refractivity (Wildman–Crippen MR) is 145 cm³/mol. The molecule has 0 saturated heterocycles. The molecule has 1 unspecified atom stereocenters. The lowest BCUT2D eigenvalue weighted by Crippen LogP contribution is -2.31. The van der Waals surface area contributed by atoms with E-state index in [9.17, 15) is 9.59 Å². The van der Waals surface area contributed by atoms with Gasteiger partial charge in [-0.05, 0) is 74.2 Å². The molecular formula is C30H31N3O5. The van der Waals surface area contributed by atoms with Crippen LogP contribution in [0.3, 0.4) is 0 Å². The van der Waals surface area contributed by atoms with Crippen LogP contribution in [0, 0.1) is 13.8 Å². The number of unbranched alkanes of at least 4 members (excludes halogenated alkanes) is 2. The van der Waals surface area contributed by atoms with Crippen LogP contribution in [-0.2, 0) is 0 Å². The van der Waals surface area contributed by atoms with Gasteiger partial charge >= 0.3 is 0 Å². The molecule has 2 aromatic carbocycles. The number of hydrogen-bond acceptors (Lipinski definition) is 7. The highest BCUT2D eigenvalue weighted by Crippen LogP contribution is 2.42. The number of nitrogens with zero attached hydrogens (tertiary/aromatic N) is 3. The van der Waals surface area contributed by atoms with Crippen LogP contribution in [0.1, 0.15) is 72.0 Å². The molecule has 1 aliphatic rings. The molecule has 5 rings (SSSR count). The Morgan fingerprint density at radius 3 is 2.45 bits per heavy atom. The molecule has 0 N–H and O–H groups in total. The summed E-state index contributed by atoms with van der Waals surface area (Å²) in [5.41, 5.74) is 3.00. The van der Waals surface area contributed by atoms with Gasteiger partial charge in [0.1, 0.15) is 5.58 Å². The van der Waals surface area contributed by atoms with Gasteiger partial charge in [-0.15, -0.1) is 0 Å². The normalized spacial score (nSPS) is 14.7. The van der Waals surface area contributed by atoms with Crippen molar-refractivity contribution in [1.82, 2.24) is 9.97 Å². The molecule has 0 radical (unpaired) electrons. The topological polar surface area (TPSA) is 94.8 Å². The van der Waals surface area contributed by atoms with Crippen LogP contribution in [0.2, 0.25) is 0 Å². The number of benzene rings is 2. The number of aromatic nitrogens is 2. The van der Waals surface area contributed by atoms with Crippen LogP contribution in [0.15, 0.2) is 58.0 Å². The Labute approximate surface area is 221 Å². The van der Waals surface area contributed by atoms with E-state index >= 15 is 0 Å². The molecule has 1 amide bonds. The molecule has 2 aromatic heterocycles. The fourth-order valence-electron chi connectivity index (χ4n) is 4.78. The number of ether oxygens (including phenoxy) is 2. The summed E-state index contributed by atoms with van der Waals surface area (Å²) in [6.07, 6.45) is 6.25. The molecule has 196 valence electrons. The van der Waals surface area contributed by atoms with Gasteiger partial charge in [0.2, 0.25) is 11.7 Å². The zero-order chi connectivity index (χ0) is 26.8. The lowest BCUT2D eigenvalue weighted by molar-refractivity contribution is 0.0969. The molecular weight excluding hydrogens is 482 g/mol. The van der Waals surface area contributed by atoms with Crippen molar-refractivity contribution in [3.8, 4) is 11.5 Å². The average Bonchev–Trinajstić information content (AvgIpc) is 3.21. The minimum Gasteiger partial charge on any atom is -0.490 e. The van der Waals surface area contributed by atoms with Crippen molar-refractivity contribution in [2.75, 3.05) is 18.1 Å². The first kappa shape index (κ1) is 25.4. The zero-order valence-corrected chi connectivity index (χ0v) is 22.1. The first-order valence-corrected chi connectivity index (χ1v) is 13.0. The quantitative estimate of drug-likeness (QED) is 0.257. The summed E-state index contributed by atoms with van der Waals surface area (Å²) in [5, 5.41) is 0.432. The van der Waals surface area contributed by atoms with E-state index in [-0.39, 0.29) is 22.7 Å². The second-order valence-electron chi connectivity index (χ2n) is 9.43. The minimum atomic E-state index is -0.796. The number of anilines is 1. The van der Waals surface area contributed by atoms with Gasteiger partial charge in [0.25, 0.3) is 5.91 Å². The van der Waals surface area contributed by atoms with Crippen LogP contribution in [0.25, 0.3) is 11.0 Å². The molecule has 1 aliphatic heterocycles. The zero-order valence-electron chi connectivity index (χ0n) is 22.1. The SMILES string of the molecule is CCCCCOc1ccc(C2c3c(oc4cc(C)c(C)cc4c3=O)C(=O)N2c2ncccn2)cc1OCC. The lowest BCUT2D eigenvalue weighted by Gasteiger charge is -2.24. The van der Waals surface area contributed by atoms with Gasteiger partial charge in [0.05, 0.1) is 30.2 Å². The van der Waals surface area contributed by atoms with Gasteiger partial charge in [0, 0.05) is 12.4 Å². The standard InChI is InChI=1S/C30H31N3O5/c1-5-7-8-14-37-22-11-10-20(17-24(22)36-6-2)26-25-27(34)21-15-18(3)19(4)16-23(21)38-28(25)29(35)33(26)30-31-12-9-13-32-30/h9-13,15-17,26H,5-8,14H2,1-4H3. The second kappa shape index (κ2) is 10.7. The van der Waals surface area contributed by atoms with Crippen LogP contribution in [0.4, 0.5) is 5.95 Å². The van der Waals surface area contributed by atoms with Gasteiger partial charge in [-0.25, -0.2) is 9.97 Å². The Bertz CT molecular complexity index is 1550. The van der Waals surface area contributed by atoms with Gasteiger partial charge in [-0.2, -0.15) is 0 Å². The maximum Gasteiger partial charge on any atom is 0.297 e. The van der Waals surface area contributed by atoms with E-state index < -0.39 is 11.9 Å². The highest BCUT2D eigenvalue weighted by Gasteiger charge is 2.45. The smallest absolute Gasteiger partial charge is 0.297 e. The number of carbonyl (C=O) groups is 1. The third-order valence-electron chi connectivity index (χ3n) is 6.84. The third-order valence-corrected chi connectivity index (χ3v) is 6.84. The molecule has 4 aromatic rings. The molecule has 8 nitrogen and oxygen atoms in total. The lowest BCUT2D eigenvalue weighted by atomic mass is 9.97. The summed E-state index contributed by atoms with van der Waals surface area (Å²) >= 11 is 0. The Morgan fingerprint density at radius 1 is 0.947 bits per heavy atom. The summed E-state index contributed by atoms with van der Waals surface area (Å²) in [5.74, 6) is 0.887. The molecule has 0 aliphatic carbocycles. The summed E-state index contributed by atoms with van der Waals surface area (Å²) in [6.45, 7) is 8.95. The van der Waals surface area contributed by atoms with Crippen molar-refractivity contribution < 1.29 is 18.7 Å². The van der Waals surface area contributed by atoms with E-state index in [0.29, 0.717) is 41.2 Å². The van der Waals surface area contributed by atoms with Gasteiger partial charge in [0.15, 0.2) is 16.9 Å². The van der Waals surface area contributed by atoms with E-state index in [0.717, 1.165) is 30.4 Å². The minimum absolute atomic E-state index is 0.000980. The molecule has 3 heterocycles. The number of hydrogen-bond donors (Lipinski definition) is 0. The van der Waals surface area contributed by atoms with Crippen molar-refractivity contribution in [3.05, 3.63) is 87.0 Å². The molecule has 38 heavy (non-hydrogen) atoms. The van der Waals surface area contributed by atoms with E-state index in [1.54, 1.807) is 24.5 Å². The van der Waals surface area contributed by atoms with Crippen LogP contribution < -0.4 is 19.8 Å². The Hall–Kier alpha value is -4.20. The summed E-state index contributed by atoms with van der Waals surface area (Å²) in [6, 6.07) is 10.0. The highest BCUT2D eigenvalue weighted by molar-refractivity contribution is 6.09. The molecule has 0 spiro atoms. The first-order chi connectivity index (χ1) is 18.4. The third kappa shape index (κ3) is 4.51. The number of aryl methyl sites for hydroxylation is 2. The molecule has 8 heteroatoms. The van der Waals surface area contributed by atoms with Crippen molar-refractivity contribution >= 4 is 22.8 Å². The average molecular weight is 514 g/mol. The molecule has 0 saturated carbocycles. The van der Waals surface area contributed by atoms with E-state index in [1.165, 1.54) is 4.90 Å². The number of carbonyl (C=O) groups excluding carboxylic acids is 1. The maximum atomic E-state index is 13.9.